The van der Waals surface area contributed by atoms with Crippen molar-refractivity contribution in [1.29, 1.82) is 0 Å². The lowest BCUT2D eigenvalue weighted by Gasteiger charge is -2.26. The fourth-order valence-corrected chi connectivity index (χ4v) is 5.68. The predicted octanol–water partition coefficient (Wildman–Crippen LogP) is 5.57. The minimum absolute atomic E-state index is 0. The Kier molecular flexibility index (Phi) is 11.3. The Hall–Kier alpha value is -3.41. The summed E-state index contributed by atoms with van der Waals surface area (Å²) in [6, 6.07) is 10.6. The summed E-state index contributed by atoms with van der Waals surface area (Å²) < 4.78 is 100. The van der Waals surface area contributed by atoms with Gasteiger partial charge in [-0.05, 0) is 25.1 Å². The van der Waals surface area contributed by atoms with Crippen LogP contribution in [0.1, 0.15) is 12.0 Å². The summed E-state index contributed by atoms with van der Waals surface area (Å²) in [4.78, 5) is 13.0. The third-order valence-corrected chi connectivity index (χ3v) is 7.70. The number of benzene rings is 2. The molecule has 0 amide bonds. The molecule has 0 aliphatic carbocycles. The summed E-state index contributed by atoms with van der Waals surface area (Å²) in [5.41, 5.74) is 0.0212. The van der Waals surface area contributed by atoms with Gasteiger partial charge in [0.25, 0.3) is 0 Å². The normalized spacial score (nSPS) is 16.9. The van der Waals surface area contributed by atoms with Gasteiger partial charge in [-0.25, -0.2) is 32.2 Å². The Bertz CT molecular complexity index is 1730. The minimum atomic E-state index is -5.02. The van der Waals surface area contributed by atoms with Crippen LogP contribution in [0.2, 0.25) is 0 Å². The summed E-state index contributed by atoms with van der Waals surface area (Å²) in [6.07, 6.45) is -2.77. The lowest BCUT2D eigenvalue weighted by molar-refractivity contribution is -0.106. The van der Waals surface area contributed by atoms with Gasteiger partial charge in [-0.15, -0.1) is 0 Å². The highest BCUT2D eigenvalue weighted by Gasteiger charge is 2.36. The maximum atomic E-state index is 15.6. The number of rotatable bonds is 8. The second-order valence-electron chi connectivity index (χ2n) is 9.72. The zero-order valence-electron chi connectivity index (χ0n) is 23.0. The van der Waals surface area contributed by atoms with E-state index in [4.69, 9.17) is 4.74 Å². The number of anilines is 2. The van der Waals surface area contributed by atoms with E-state index in [2.05, 4.69) is 25.6 Å². The topological polar surface area (TPSA) is 118 Å². The second-order valence-corrected chi connectivity index (χ2v) is 11.4. The molecule has 4 aromatic rings. The first-order chi connectivity index (χ1) is 19.9. The van der Waals surface area contributed by atoms with E-state index in [-0.39, 0.29) is 73.5 Å². The molecule has 1 aliphatic rings. The Labute approximate surface area is 264 Å². The van der Waals surface area contributed by atoms with Gasteiger partial charge in [-0.3, -0.25) is 4.72 Å². The molecule has 2 atom stereocenters. The zero-order valence-corrected chi connectivity index (χ0v) is 25.9. The van der Waals surface area contributed by atoms with Crippen LogP contribution in [-0.4, -0.2) is 60.6 Å². The number of fused-ring (bicyclic) bond motifs is 1. The molecule has 0 bridgehead atoms. The molecule has 9 nitrogen and oxygen atoms in total. The van der Waals surface area contributed by atoms with Crippen LogP contribution in [-0.2, 0) is 10.0 Å². The number of hydrogen-bond acceptors (Lipinski definition) is 8. The maximum Gasteiger partial charge on any atom is 0.404 e. The molecule has 1 aliphatic heterocycles. The van der Waals surface area contributed by atoms with E-state index in [0.29, 0.717) is 24.2 Å². The number of sulfonamides is 1. The first-order valence-electron chi connectivity index (χ1n) is 12.8. The number of ether oxygens (including phenoxy) is 1. The average molecular weight is 677 g/mol. The molecule has 3 N–H and O–H groups in total. The molecule has 1 saturated heterocycles. The van der Waals surface area contributed by atoms with Crippen molar-refractivity contribution in [3.63, 3.8) is 0 Å². The summed E-state index contributed by atoms with van der Waals surface area (Å²) in [5, 5.41) is 6.32. The highest BCUT2D eigenvalue weighted by Crippen LogP contribution is 2.42. The lowest BCUT2D eigenvalue weighted by Crippen LogP contribution is -2.44. The van der Waals surface area contributed by atoms with E-state index >= 15 is 4.39 Å². The molecule has 0 saturated carbocycles. The van der Waals surface area contributed by atoms with E-state index in [1.165, 1.54) is 37.5 Å². The second kappa shape index (κ2) is 14.1. The van der Waals surface area contributed by atoms with E-state index in [1.54, 1.807) is 29.0 Å². The number of piperidine rings is 1. The molecule has 17 heteroatoms. The van der Waals surface area contributed by atoms with Gasteiger partial charge < -0.3 is 15.4 Å². The predicted molar refractivity (Wildman–Crippen MR) is 168 cm³/mol. The van der Waals surface area contributed by atoms with Crippen LogP contribution < -0.4 is 20.1 Å². The van der Waals surface area contributed by atoms with Crippen LogP contribution in [0.15, 0.2) is 54.9 Å². The molecule has 44 heavy (non-hydrogen) atoms. The lowest BCUT2D eigenvalue weighted by atomic mass is 10.0. The summed E-state index contributed by atoms with van der Waals surface area (Å²) in [7, 11) is -4.97. The third kappa shape index (κ3) is 8.19. The van der Waals surface area contributed by atoms with Crippen molar-refractivity contribution in [2.75, 3.05) is 28.9 Å². The van der Waals surface area contributed by atoms with Gasteiger partial charge in [0.2, 0.25) is 21.9 Å². The van der Waals surface area contributed by atoms with Crippen LogP contribution in [0.3, 0.4) is 0 Å². The van der Waals surface area contributed by atoms with Gasteiger partial charge in [0.1, 0.15) is 11.9 Å². The highest BCUT2D eigenvalue weighted by molar-refractivity contribution is 7.92. The largest absolute Gasteiger partial charge is 0.437 e. The van der Waals surface area contributed by atoms with Crippen LogP contribution in [0.5, 0.6) is 11.6 Å². The number of nitrogens with one attached hydrogen (secondary N) is 3. The van der Waals surface area contributed by atoms with E-state index < -0.39 is 39.6 Å². The smallest absolute Gasteiger partial charge is 0.404 e. The van der Waals surface area contributed by atoms with E-state index in [0.717, 1.165) is 0 Å². The zero-order chi connectivity index (χ0) is 30.1. The molecule has 238 valence electrons. The SMILES string of the molecule is Cc1c(F)c(NS(=O)(=O)CC(F)(F)F)c2ccccc2c1Oc1ncccc1-c1ccnc(N[C@@H]2CNC[C@@H](F)C2)n1.S.S. The van der Waals surface area contributed by atoms with Crippen molar-refractivity contribution >= 4 is 59.4 Å². The Morgan fingerprint density at radius 3 is 2.45 bits per heavy atom. The van der Waals surface area contributed by atoms with Gasteiger partial charge in [-0.1, -0.05) is 24.3 Å². The van der Waals surface area contributed by atoms with Crippen LogP contribution in [0, 0.1) is 12.7 Å². The molecule has 1 fully saturated rings. The van der Waals surface area contributed by atoms with Crippen molar-refractivity contribution in [3.05, 3.63) is 66.2 Å². The first-order valence-corrected chi connectivity index (χ1v) is 14.4. The Morgan fingerprint density at radius 1 is 1.02 bits per heavy atom. The fraction of sp³-hybridized carbons (Fsp3) is 0.296. The van der Waals surface area contributed by atoms with Crippen molar-refractivity contribution in [2.45, 2.75) is 31.7 Å². The van der Waals surface area contributed by atoms with Crippen LogP contribution in [0.25, 0.3) is 22.0 Å². The van der Waals surface area contributed by atoms with Crippen molar-refractivity contribution in [2.24, 2.45) is 0 Å². The summed E-state index contributed by atoms with van der Waals surface area (Å²) in [5.74, 6) is -3.01. The number of aromatic nitrogens is 3. The molecule has 0 unspecified atom stereocenters. The van der Waals surface area contributed by atoms with Gasteiger partial charge in [-0.2, -0.15) is 40.2 Å². The van der Waals surface area contributed by atoms with Gasteiger partial charge in [0, 0.05) is 54.3 Å². The number of nitrogens with zero attached hydrogens (tertiary/aromatic N) is 3. The van der Waals surface area contributed by atoms with Gasteiger partial charge >= 0.3 is 6.18 Å². The standard InChI is InChI=1S/C27H25F5N6O3S.2H2S/c1-15-22(29)23(38-42(39,40)14-27(30,31)32)18-5-2-3-6-19(18)24(15)41-25-20(7-4-9-34-25)21-8-10-35-26(37-21)36-17-11-16(28)12-33-13-17;;/h2-10,16-17,33,38H,11-14H2,1H3,(H,35,36,37);2*1H2/t16-,17-;;/m0../s1. The molecule has 2 aromatic carbocycles. The van der Waals surface area contributed by atoms with Crippen molar-refractivity contribution in [3.8, 4) is 22.9 Å². The molecule has 2 aromatic heterocycles. The fourth-order valence-electron chi connectivity index (χ4n) is 4.67. The quantitative estimate of drug-likeness (QED) is 0.208. The van der Waals surface area contributed by atoms with Crippen LogP contribution >= 0.6 is 27.0 Å². The number of pyridine rings is 1. The molecule has 0 spiro atoms. The number of hydrogen-bond donors (Lipinski definition) is 3. The van der Waals surface area contributed by atoms with Gasteiger partial charge in [0.15, 0.2) is 11.6 Å². The molecule has 0 radical (unpaired) electrons. The summed E-state index contributed by atoms with van der Waals surface area (Å²) >= 11 is 0. The minimum Gasteiger partial charge on any atom is -0.437 e. The van der Waals surface area contributed by atoms with Crippen molar-refractivity contribution in [1.82, 2.24) is 20.3 Å². The first kappa shape index (κ1) is 35.1. The number of halogens is 5. The maximum absolute atomic E-state index is 15.6. The van der Waals surface area contributed by atoms with Crippen molar-refractivity contribution < 1.29 is 35.1 Å². The number of alkyl halides is 4. The van der Waals surface area contributed by atoms with Gasteiger partial charge in [0.05, 0.1) is 16.9 Å². The summed E-state index contributed by atoms with van der Waals surface area (Å²) in [6.45, 7) is 2.13. The average Bonchev–Trinajstić information content (AvgIpc) is 2.92. The highest BCUT2D eigenvalue weighted by atomic mass is 32.2. The molecular formula is C27H29F5N6O3S3. The van der Waals surface area contributed by atoms with E-state index in [1.807, 2.05) is 0 Å². The molecular weight excluding hydrogens is 648 g/mol. The Balaban J connectivity index is 0.00000264. The van der Waals surface area contributed by atoms with E-state index in [9.17, 15) is 26.0 Å². The Morgan fingerprint density at radius 2 is 1.75 bits per heavy atom. The molecule has 3 heterocycles. The monoisotopic (exact) mass is 676 g/mol. The third-order valence-electron chi connectivity index (χ3n) is 6.47. The molecule has 5 rings (SSSR count). The van der Waals surface area contributed by atoms with Crippen LogP contribution in [0.4, 0.5) is 33.6 Å².